The third kappa shape index (κ3) is 2.20. The van der Waals surface area contributed by atoms with Crippen molar-refractivity contribution in [2.24, 2.45) is 0 Å². The molecule has 0 aromatic heterocycles. The normalized spacial score (nSPS) is 13.0. The first-order valence-corrected chi connectivity index (χ1v) is 3.91. The van der Waals surface area contributed by atoms with Crippen molar-refractivity contribution < 1.29 is 9.50 Å². The largest absolute Gasteiger partial charge is 0.388 e. The molecule has 0 bridgehead atoms. The van der Waals surface area contributed by atoms with Crippen LogP contribution in [-0.4, -0.2) is 10.9 Å². The quantitative estimate of drug-likeness (QED) is 0.652. The highest BCUT2D eigenvalue weighted by atomic mass is 32.1. The van der Waals surface area contributed by atoms with Crippen molar-refractivity contribution in [3.05, 3.63) is 35.6 Å². The number of hydrogen-bond acceptors (Lipinski definition) is 2. The molecule has 0 heterocycles. The molecule has 1 rings (SSSR count). The fraction of sp³-hybridized carbons (Fsp3) is 0.250. The number of hydrogen-bond donors (Lipinski definition) is 2. The van der Waals surface area contributed by atoms with E-state index in [1.807, 2.05) is 0 Å². The number of benzene rings is 1. The number of aliphatic hydroxyl groups is 1. The van der Waals surface area contributed by atoms with Crippen molar-refractivity contribution >= 4 is 12.6 Å². The van der Waals surface area contributed by atoms with E-state index in [1.54, 1.807) is 12.1 Å². The van der Waals surface area contributed by atoms with Crippen molar-refractivity contribution in [1.29, 1.82) is 0 Å². The second kappa shape index (κ2) is 3.74. The van der Waals surface area contributed by atoms with Crippen molar-refractivity contribution in [3.8, 4) is 0 Å². The SMILES string of the molecule is OC(CS)c1ccc(F)cc1. The average molecular weight is 172 g/mol. The first-order valence-electron chi connectivity index (χ1n) is 3.28. The Morgan fingerprint density at radius 1 is 1.36 bits per heavy atom. The third-order valence-corrected chi connectivity index (χ3v) is 1.77. The van der Waals surface area contributed by atoms with E-state index < -0.39 is 6.10 Å². The molecular formula is C8H9FOS. The Kier molecular flexibility index (Phi) is 2.91. The predicted octanol–water partition coefficient (Wildman–Crippen LogP) is 1.79. The Labute approximate surface area is 70.3 Å². The highest BCUT2D eigenvalue weighted by Gasteiger charge is 2.03. The summed E-state index contributed by atoms with van der Waals surface area (Å²) in [5, 5.41) is 9.22. The Morgan fingerprint density at radius 2 is 1.91 bits per heavy atom. The lowest BCUT2D eigenvalue weighted by Crippen LogP contribution is -1.97. The van der Waals surface area contributed by atoms with Gasteiger partial charge in [-0.1, -0.05) is 12.1 Å². The summed E-state index contributed by atoms with van der Waals surface area (Å²) < 4.78 is 12.4. The van der Waals surface area contributed by atoms with Crippen LogP contribution in [-0.2, 0) is 0 Å². The van der Waals surface area contributed by atoms with Crippen LogP contribution in [0, 0.1) is 5.82 Å². The molecule has 0 aliphatic carbocycles. The van der Waals surface area contributed by atoms with Gasteiger partial charge in [0.05, 0.1) is 6.10 Å². The van der Waals surface area contributed by atoms with Gasteiger partial charge in [-0.3, -0.25) is 0 Å². The lowest BCUT2D eigenvalue weighted by atomic mass is 10.1. The van der Waals surface area contributed by atoms with Gasteiger partial charge in [-0.2, -0.15) is 12.6 Å². The summed E-state index contributed by atoms with van der Waals surface area (Å²) in [6.07, 6.45) is -0.598. The molecule has 1 N–H and O–H groups in total. The molecule has 11 heavy (non-hydrogen) atoms. The van der Waals surface area contributed by atoms with Gasteiger partial charge in [-0.15, -0.1) is 0 Å². The maximum Gasteiger partial charge on any atom is 0.123 e. The lowest BCUT2D eigenvalue weighted by Gasteiger charge is -2.05. The molecule has 1 atom stereocenters. The van der Waals surface area contributed by atoms with Crippen LogP contribution < -0.4 is 0 Å². The lowest BCUT2D eigenvalue weighted by molar-refractivity contribution is 0.204. The van der Waals surface area contributed by atoms with Crippen LogP contribution in [0.4, 0.5) is 4.39 Å². The molecule has 1 aromatic carbocycles. The summed E-state index contributed by atoms with van der Waals surface area (Å²) >= 11 is 3.91. The van der Waals surface area contributed by atoms with E-state index in [4.69, 9.17) is 0 Å². The molecule has 0 radical (unpaired) electrons. The molecule has 0 aliphatic heterocycles. The van der Waals surface area contributed by atoms with Crippen molar-refractivity contribution in [2.45, 2.75) is 6.10 Å². The van der Waals surface area contributed by atoms with E-state index >= 15 is 0 Å². The Bertz CT molecular complexity index is 222. The van der Waals surface area contributed by atoms with Crippen molar-refractivity contribution in [1.82, 2.24) is 0 Å². The Hall–Kier alpha value is -0.540. The maximum atomic E-state index is 12.4. The molecule has 0 saturated carbocycles. The second-order valence-electron chi connectivity index (χ2n) is 2.25. The predicted molar refractivity (Wildman–Crippen MR) is 45.2 cm³/mol. The highest BCUT2D eigenvalue weighted by molar-refractivity contribution is 7.80. The molecule has 0 amide bonds. The second-order valence-corrected chi connectivity index (χ2v) is 2.62. The monoisotopic (exact) mass is 172 g/mol. The summed E-state index contributed by atoms with van der Waals surface area (Å²) in [4.78, 5) is 0. The fourth-order valence-corrected chi connectivity index (χ4v) is 1.00. The zero-order chi connectivity index (χ0) is 8.27. The molecule has 3 heteroatoms. The molecule has 0 saturated heterocycles. The van der Waals surface area contributed by atoms with E-state index in [2.05, 4.69) is 12.6 Å². The van der Waals surface area contributed by atoms with Gasteiger partial charge >= 0.3 is 0 Å². The van der Waals surface area contributed by atoms with Crippen LogP contribution in [0.15, 0.2) is 24.3 Å². The van der Waals surface area contributed by atoms with Gasteiger partial charge in [-0.05, 0) is 17.7 Å². The minimum absolute atomic E-state index is 0.292. The number of halogens is 1. The molecule has 60 valence electrons. The van der Waals surface area contributed by atoms with Gasteiger partial charge in [0.1, 0.15) is 5.82 Å². The van der Waals surface area contributed by atoms with Crippen LogP contribution in [0.25, 0.3) is 0 Å². The zero-order valence-electron chi connectivity index (χ0n) is 5.87. The first-order chi connectivity index (χ1) is 5.24. The number of thiol groups is 1. The van der Waals surface area contributed by atoms with Crippen LogP contribution in [0.3, 0.4) is 0 Å². The topological polar surface area (TPSA) is 20.2 Å². The third-order valence-electron chi connectivity index (χ3n) is 1.43. The minimum atomic E-state index is -0.598. The summed E-state index contributed by atoms with van der Waals surface area (Å²) in [5.74, 6) is 0.0612. The first kappa shape index (κ1) is 8.56. The summed E-state index contributed by atoms with van der Waals surface area (Å²) in [5.41, 5.74) is 0.696. The zero-order valence-corrected chi connectivity index (χ0v) is 6.76. The molecular weight excluding hydrogens is 163 g/mol. The van der Waals surface area contributed by atoms with Crippen LogP contribution in [0.5, 0.6) is 0 Å². The van der Waals surface area contributed by atoms with Crippen molar-refractivity contribution in [2.75, 3.05) is 5.75 Å². The molecule has 0 spiro atoms. The maximum absolute atomic E-state index is 12.4. The molecule has 0 fully saturated rings. The molecule has 1 unspecified atom stereocenters. The molecule has 1 aromatic rings. The summed E-state index contributed by atoms with van der Waals surface area (Å²) in [6.45, 7) is 0. The van der Waals surface area contributed by atoms with E-state index in [0.29, 0.717) is 11.3 Å². The molecule has 1 nitrogen and oxygen atoms in total. The summed E-state index contributed by atoms with van der Waals surface area (Å²) in [6, 6.07) is 5.75. The van der Waals surface area contributed by atoms with Crippen molar-refractivity contribution in [3.63, 3.8) is 0 Å². The highest BCUT2D eigenvalue weighted by Crippen LogP contribution is 2.13. The minimum Gasteiger partial charge on any atom is -0.388 e. The Balaban J connectivity index is 2.81. The smallest absolute Gasteiger partial charge is 0.123 e. The van der Waals surface area contributed by atoms with Crippen LogP contribution >= 0.6 is 12.6 Å². The van der Waals surface area contributed by atoms with Gasteiger partial charge < -0.3 is 5.11 Å². The van der Waals surface area contributed by atoms with E-state index in [0.717, 1.165) is 0 Å². The van der Waals surface area contributed by atoms with Gasteiger partial charge in [0.15, 0.2) is 0 Å². The number of rotatable bonds is 2. The van der Waals surface area contributed by atoms with Gasteiger partial charge in [0, 0.05) is 5.75 Å². The standard InChI is InChI=1S/C8H9FOS/c9-7-3-1-6(2-4-7)8(10)5-11/h1-4,8,10-11H,5H2. The fourth-order valence-electron chi connectivity index (χ4n) is 0.790. The number of aliphatic hydroxyl groups excluding tert-OH is 1. The van der Waals surface area contributed by atoms with Crippen LogP contribution in [0.2, 0.25) is 0 Å². The average Bonchev–Trinajstić information content (AvgIpc) is 2.05. The Morgan fingerprint density at radius 3 is 2.36 bits per heavy atom. The van der Waals surface area contributed by atoms with Gasteiger partial charge in [0.25, 0.3) is 0 Å². The van der Waals surface area contributed by atoms with E-state index in [9.17, 15) is 9.50 Å². The summed E-state index contributed by atoms with van der Waals surface area (Å²) in [7, 11) is 0. The van der Waals surface area contributed by atoms with Gasteiger partial charge in [-0.25, -0.2) is 4.39 Å². The van der Waals surface area contributed by atoms with Gasteiger partial charge in [0.2, 0.25) is 0 Å². The van der Waals surface area contributed by atoms with E-state index in [1.165, 1.54) is 12.1 Å². The van der Waals surface area contributed by atoms with Crippen LogP contribution in [0.1, 0.15) is 11.7 Å². The van der Waals surface area contributed by atoms with E-state index in [-0.39, 0.29) is 5.82 Å². The molecule has 0 aliphatic rings.